The van der Waals surface area contributed by atoms with E-state index < -0.39 is 0 Å². The molecule has 0 saturated carbocycles. The standard InChI is InChI=1S/C24H17NO2/c1-15-14-19-18(12-13-20(26)27-19)22-21(16-8-4-2-5-9-16)24(25-23(15)22)17-10-6-3-7-11-17/h2-14,25H,1H3. The minimum atomic E-state index is -0.332. The lowest BCUT2D eigenvalue weighted by Crippen LogP contribution is -1.95. The van der Waals surface area contributed by atoms with E-state index in [1.807, 2.05) is 55.5 Å². The molecule has 1 N–H and O–H groups in total. The summed E-state index contributed by atoms with van der Waals surface area (Å²) in [6, 6.07) is 25.9. The van der Waals surface area contributed by atoms with Gasteiger partial charge < -0.3 is 9.40 Å². The molecular formula is C24H17NO2. The molecule has 0 unspecified atom stereocenters. The Balaban J connectivity index is 2.01. The van der Waals surface area contributed by atoms with E-state index in [4.69, 9.17) is 4.42 Å². The number of fused-ring (bicyclic) bond motifs is 3. The second-order valence-electron chi connectivity index (χ2n) is 6.72. The van der Waals surface area contributed by atoms with Crippen LogP contribution in [0.5, 0.6) is 0 Å². The highest BCUT2D eigenvalue weighted by Gasteiger charge is 2.19. The zero-order valence-electron chi connectivity index (χ0n) is 14.8. The summed E-state index contributed by atoms with van der Waals surface area (Å²) in [4.78, 5) is 15.4. The van der Waals surface area contributed by atoms with Gasteiger partial charge in [-0.1, -0.05) is 60.7 Å². The third-order valence-corrected chi connectivity index (χ3v) is 5.00. The van der Waals surface area contributed by atoms with Crippen molar-refractivity contribution in [3.8, 4) is 22.4 Å². The molecule has 130 valence electrons. The lowest BCUT2D eigenvalue weighted by molar-refractivity contribution is 0.561. The van der Waals surface area contributed by atoms with Crippen LogP contribution in [0.4, 0.5) is 0 Å². The molecule has 0 amide bonds. The lowest BCUT2D eigenvalue weighted by Gasteiger charge is -2.07. The molecule has 2 heterocycles. The largest absolute Gasteiger partial charge is 0.423 e. The van der Waals surface area contributed by atoms with Gasteiger partial charge in [-0.25, -0.2) is 4.79 Å². The summed E-state index contributed by atoms with van der Waals surface area (Å²) in [7, 11) is 0. The van der Waals surface area contributed by atoms with Crippen LogP contribution in [0.3, 0.4) is 0 Å². The van der Waals surface area contributed by atoms with Gasteiger partial charge in [0.15, 0.2) is 0 Å². The highest BCUT2D eigenvalue weighted by Crippen LogP contribution is 2.42. The minimum Gasteiger partial charge on any atom is -0.423 e. The van der Waals surface area contributed by atoms with Crippen molar-refractivity contribution in [1.29, 1.82) is 0 Å². The average molecular weight is 351 g/mol. The van der Waals surface area contributed by atoms with Crippen LogP contribution in [0.25, 0.3) is 44.3 Å². The summed E-state index contributed by atoms with van der Waals surface area (Å²) in [5.74, 6) is 0. The minimum absolute atomic E-state index is 0.332. The van der Waals surface area contributed by atoms with Gasteiger partial charge in [-0.05, 0) is 35.7 Å². The molecule has 0 radical (unpaired) electrons. The average Bonchev–Trinajstić information content (AvgIpc) is 3.10. The Labute approximate surface area is 155 Å². The normalized spacial score (nSPS) is 11.3. The predicted molar refractivity (Wildman–Crippen MR) is 110 cm³/mol. The number of H-pyrrole nitrogens is 1. The number of hydrogen-bond acceptors (Lipinski definition) is 2. The molecule has 5 aromatic rings. The third kappa shape index (κ3) is 2.48. The number of aromatic nitrogens is 1. The van der Waals surface area contributed by atoms with E-state index in [-0.39, 0.29) is 5.63 Å². The molecule has 2 aromatic heterocycles. The molecule has 0 aliphatic carbocycles. The van der Waals surface area contributed by atoms with Gasteiger partial charge in [0.1, 0.15) is 5.58 Å². The Bertz CT molecular complexity index is 1330. The van der Waals surface area contributed by atoms with Crippen LogP contribution in [0.15, 0.2) is 88.1 Å². The number of hydrogen-bond donors (Lipinski definition) is 1. The van der Waals surface area contributed by atoms with E-state index in [2.05, 4.69) is 29.2 Å². The fraction of sp³-hybridized carbons (Fsp3) is 0.0417. The first-order valence-electron chi connectivity index (χ1n) is 8.92. The van der Waals surface area contributed by atoms with Gasteiger partial charge in [0.05, 0.1) is 11.2 Å². The van der Waals surface area contributed by atoms with Gasteiger partial charge in [0.2, 0.25) is 0 Å². The van der Waals surface area contributed by atoms with Crippen molar-refractivity contribution in [3.05, 3.63) is 94.8 Å². The first-order valence-corrected chi connectivity index (χ1v) is 8.92. The molecule has 3 nitrogen and oxygen atoms in total. The molecular weight excluding hydrogens is 334 g/mol. The van der Waals surface area contributed by atoms with E-state index in [9.17, 15) is 4.79 Å². The van der Waals surface area contributed by atoms with E-state index in [0.717, 1.165) is 44.2 Å². The summed E-state index contributed by atoms with van der Waals surface area (Å²) in [5.41, 5.74) is 6.83. The summed E-state index contributed by atoms with van der Waals surface area (Å²) in [6.07, 6.45) is 0. The first kappa shape index (κ1) is 15.6. The molecule has 0 fully saturated rings. The Morgan fingerprint density at radius 3 is 2.19 bits per heavy atom. The second-order valence-corrected chi connectivity index (χ2v) is 6.72. The summed E-state index contributed by atoms with van der Waals surface area (Å²) in [5, 5.41) is 2.02. The monoisotopic (exact) mass is 351 g/mol. The van der Waals surface area contributed by atoms with Crippen LogP contribution in [0, 0.1) is 6.92 Å². The second kappa shape index (κ2) is 5.99. The number of nitrogens with one attached hydrogen (secondary N) is 1. The smallest absolute Gasteiger partial charge is 0.336 e. The predicted octanol–water partition coefficient (Wildman–Crippen LogP) is 5.92. The van der Waals surface area contributed by atoms with E-state index in [1.165, 1.54) is 6.07 Å². The zero-order chi connectivity index (χ0) is 18.4. The van der Waals surface area contributed by atoms with Crippen LogP contribution >= 0.6 is 0 Å². The molecule has 0 spiro atoms. The van der Waals surface area contributed by atoms with Crippen LogP contribution < -0.4 is 5.63 Å². The van der Waals surface area contributed by atoms with E-state index >= 15 is 0 Å². The van der Waals surface area contributed by atoms with Gasteiger partial charge >= 0.3 is 5.63 Å². The highest BCUT2D eigenvalue weighted by molar-refractivity contribution is 6.17. The lowest BCUT2D eigenvalue weighted by atomic mass is 9.96. The first-order chi connectivity index (χ1) is 13.2. The van der Waals surface area contributed by atoms with Gasteiger partial charge in [0.25, 0.3) is 0 Å². The number of benzene rings is 3. The van der Waals surface area contributed by atoms with Crippen LogP contribution in [0.2, 0.25) is 0 Å². The molecule has 0 aliphatic heterocycles. The fourth-order valence-electron chi connectivity index (χ4n) is 3.79. The summed E-state index contributed by atoms with van der Waals surface area (Å²) >= 11 is 0. The van der Waals surface area contributed by atoms with Crippen molar-refractivity contribution < 1.29 is 4.42 Å². The van der Waals surface area contributed by atoms with Crippen molar-refractivity contribution in [2.75, 3.05) is 0 Å². The third-order valence-electron chi connectivity index (χ3n) is 5.00. The number of aromatic amines is 1. The zero-order valence-corrected chi connectivity index (χ0v) is 14.8. The van der Waals surface area contributed by atoms with Crippen molar-refractivity contribution in [3.63, 3.8) is 0 Å². The maximum absolute atomic E-state index is 11.7. The molecule has 3 heteroatoms. The maximum atomic E-state index is 11.7. The SMILES string of the molecule is Cc1cc2oc(=O)ccc2c2c(-c3ccccc3)c(-c3ccccc3)[nH]c12. The van der Waals surface area contributed by atoms with Crippen LogP contribution in [-0.2, 0) is 0 Å². The molecule has 5 rings (SSSR count). The Morgan fingerprint density at radius 2 is 1.48 bits per heavy atom. The maximum Gasteiger partial charge on any atom is 0.336 e. The van der Waals surface area contributed by atoms with Gasteiger partial charge in [-0.15, -0.1) is 0 Å². The molecule has 0 aliphatic rings. The van der Waals surface area contributed by atoms with Gasteiger partial charge in [-0.3, -0.25) is 0 Å². The van der Waals surface area contributed by atoms with Crippen LogP contribution in [-0.4, -0.2) is 4.98 Å². The van der Waals surface area contributed by atoms with Gasteiger partial charge in [-0.2, -0.15) is 0 Å². The van der Waals surface area contributed by atoms with E-state index in [1.54, 1.807) is 0 Å². The van der Waals surface area contributed by atoms with Crippen molar-refractivity contribution in [2.45, 2.75) is 6.92 Å². The Morgan fingerprint density at radius 1 is 0.815 bits per heavy atom. The van der Waals surface area contributed by atoms with Gasteiger partial charge in [0, 0.05) is 22.4 Å². The molecule has 0 atom stereocenters. The number of rotatable bonds is 2. The summed E-state index contributed by atoms with van der Waals surface area (Å²) in [6.45, 7) is 2.04. The quantitative estimate of drug-likeness (QED) is 0.401. The Kier molecular flexibility index (Phi) is 3.47. The molecule has 0 saturated heterocycles. The molecule has 0 bridgehead atoms. The van der Waals surface area contributed by atoms with E-state index in [0.29, 0.717) is 5.58 Å². The van der Waals surface area contributed by atoms with Crippen molar-refractivity contribution >= 4 is 21.9 Å². The topological polar surface area (TPSA) is 46.0 Å². The summed E-state index contributed by atoms with van der Waals surface area (Å²) < 4.78 is 5.49. The van der Waals surface area contributed by atoms with Crippen molar-refractivity contribution in [1.82, 2.24) is 4.98 Å². The highest BCUT2D eigenvalue weighted by atomic mass is 16.4. The molecule has 27 heavy (non-hydrogen) atoms. The Hall–Kier alpha value is -3.59. The van der Waals surface area contributed by atoms with Crippen LogP contribution in [0.1, 0.15) is 5.56 Å². The molecule has 3 aromatic carbocycles. The number of aryl methyl sites for hydroxylation is 1. The van der Waals surface area contributed by atoms with Crippen molar-refractivity contribution in [2.24, 2.45) is 0 Å². The fourth-order valence-corrected chi connectivity index (χ4v) is 3.79.